The lowest BCUT2D eigenvalue weighted by Gasteiger charge is -2.26. The molecule has 0 aliphatic carbocycles. The van der Waals surface area contributed by atoms with Gasteiger partial charge < -0.3 is 4.74 Å². The van der Waals surface area contributed by atoms with Gasteiger partial charge in [0.15, 0.2) is 0 Å². The zero-order chi connectivity index (χ0) is 14.6. The van der Waals surface area contributed by atoms with Crippen LogP contribution in [0.2, 0.25) is 0 Å². The highest BCUT2D eigenvalue weighted by atomic mass is 79.9. The molecule has 0 N–H and O–H groups in total. The van der Waals surface area contributed by atoms with Crippen LogP contribution in [-0.4, -0.2) is 21.8 Å². The second-order valence-corrected chi connectivity index (χ2v) is 6.57. The molecule has 0 fully saturated rings. The number of ether oxygens (including phenoxy) is 1. The van der Waals surface area contributed by atoms with Crippen LogP contribution >= 0.6 is 31.9 Å². The van der Waals surface area contributed by atoms with Crippen LogP contribution in [0.25, 0.3) is 0 Å². The Balaban J connectivity index is 2.95. The summed E-state index contributed by atoms with van der Waals surface area (Å²) >= 11 is 6.76. The Hall–Kier alpha value is -0.950. The minimum atomic E-state index is -0.945. The number of alkyl halides is 2. The van der Waals surface area contributed by atoms with Crippen molar-refractivity contribution >= 4 is 43.5 Å². The predicted molar refractivity (Wildman–Crippen MR) is 78.7 cm³/mol. The van der Waals surface area contributed by atoms with E-state index in [-0.39, 0.29) is 10.5 Å². The SMILES string of the molecule is CCOC(=O)[C@@](C)(Br)[C@H](Br)c1ccc([N+](=O)[O-])cc1. The van der Waals surface area contributed by atoms with Crippen LogP contribution in [-0.2, 0) is 9.53 Å². The molecule has 104 valence electrons. The molecule has 1 rings (SSSR count). The number of benzene rings is 1. The van der Waals surface area contributed by atoms with Gasteiger partial charge in [0.25, 0.3) is 5.69 Å². The molecule has 0 aromatic heterocycles. The summed E-state index contributed by atoms with van der Waals surface area (Å²) in [5.41, 5.74) is 0.758. The van der Waals surface area contributed by atoms with E-state index >= 15 is 0 Å². The van der Waals surface area contributed by atoms with Gasteiger partial charge in [-0.25, -0.2) is 0 Å². The fourth-order valence-electron chi connectivity index (χ4n) is 1.45. The van der Waals surface area contributed by atoms with Crippen LogP contribution in [0.3, 0.4) is 0 Å². The van der Waals surface area contributed by atoms with Crippen LogP contribution in [0.4, 0.5) is 5.69 Å². The van der Waals surface area contributed by atoms with Gasteiger partial charge in [0.1, 0.15) is 4.32 Å². The first kappa shape index (κ1) is 16.1. The van der Waals surface area contributed by atoms with Crippen molar-refractivity contribution in [1.82, 2.24) is 0 Å². The molecule has 0 bridgehead atoms. The highest BCUT2D eigenvalue weighted by Crippen LogP contribution is 2.41. The Labute approximate surface area is 127 Å². The summed E-state index contributed by atoms with van der Waals surface area (Å²) in [6, 6.07) is 6.02. The molecule has 0 amide bonds. The number of nitro benzene ring substituents is 1. The number of carbonyl (C=O) groups excluding carboxylic acids is 1. The second kappa shape index (κ2) is 6.47. The van der Waals surface area contributed by atoms with E-state index in [0.717, 1.165) is 5.56 Å². The summed E-state index contributed by atoms with van der Waals surface area (Å²) < 4.78 is 4.04. The third-order valence-electron chi connectivity index (χ3n) is 2.55. The quantitative estimate of drug-likeness (QED) is 0.330. The number of carbonyl (C=O) groups is 1. The topological polar surface area (TPSA) is 69.4 Å². The summed E-state index contributed by atoms with van der Waals surface area (Å²) in [6.45, 7) is 3.71. The maximum Gasteiger partial charge on any atom is 0.324 e. The molecular formula is C12H13Br2NO4. The zero-order valence-corrected chi connectivity index (χ0v) is 13.6. The molecule has 0 spiro atoms. The Morgan fingerprint density at radius 3 is 2.42 bits per heavy atom. The minimum Gasteiger partial charge on any atom is -0.465 e. The highest BCUT2D eigenvalue weighted by Gasteiger charge is 2.40. The van der Waals surface area contributed by atoms with Gasteiger partial charge in [0.2, 0.25) is 0 Å². The lowest BCUT2D eigenvalue weighted by atomic mass is 10.0. The van der Waals surface area contributed by atoms with Crippen LogP contribution < -0.4 is 0 Å². The zero-order valence-electron chi connectivity index (χ0n) is 10.4. The predicted octanol–water partition coefficient (Wildman–Crippen LogP) is 3.75. The summed E-state index contributed by atoms with van der Waals surface area (Å²) in [6.07, 6.45) is 0. The van der Waals surface area contributed by atoms with Crippen LogP contribution in [0.1, 0.15) is 24.2 Å². The second-order valence-electron chi connectivity index (χ2n) is 4.01. The van der Waals surface area contributed by atoms with Gasteiger partial charge in [-0.05, 0) is 19.4 Å². The van der Waals surface area contributed by atoms with Crippen molar-refractivity contribution in [1.29, 1.82) is 0 Å². The number of esters is 1. The largest absolute Gasteiger partial charge is 0.465 e. The van der Waals surface area contributed by atoms with E-state index in [1.54, 1.807) is 26.0 Å². The lowest BCUT2D eigenvalue weighted by Crippen LogP contribution is -2.34. The molecule has 7 heteroatoms. The van der Waals surface area contributed by atoms with Gasteiger partial charge in [-0.15, -0.1) is 0 Å². The maximum atomic E-state index is 11.8. The van der Waals surface area contributed by atoms with E-state index in [2.05, 4.69) is 31.9 Å². The molecule has 0 radical (unpaired) electrons. The molecule has 0 heterocycles. The monoisotopic (exact) mass is 393 g/mol. The van der Waals surface area contributed by atoms with Crippen molar-refractivity contribution in [3.8, 4) is 0 Å². The number of hydrogen-bond donors (Lipinski definition) is 0. The van der Waals surface area contributed by atoms with Gasteiger partial charge in [-0.3, -0.25) is 14.9 Å². The number of nitro groups is 1. The van der Waals surface area contributed by atoms with E-state index in [1.165, 1.54) is 12.1 Å². The Bertz CT molecular complexity index is 473. The van der Waals surface area contributed by atoms with Gasteiger partial charge in [-0.1, -0.05) is 44.0 Å². The minimum absolute atomic E-state index is 0.0101. The van der Waals surface area contributed by atoms with Crippen molar-refractivity contribution in [2.45, 2.75) is 23.0 Å². The van der Waals surface area contributed by atoms with Gasteiger partial charge in [0, 0.05) is 12.1 Å². The summed E-state index contributed by atoms with van der Waals surface area (Å²) in [5.74, 6) is -0.393. The third kappa shape index (κ3) is 3.76. The fraction of sp³-hybridized carbons (Fsp3) is 0.417. The van der Waals surface area contributed by atoms with Crippen molar-refractivity contribution in [2.24, 2.45) is 0 Å². The molecular weight excluding hydrogens is 382 g/mol. The van der Waals surface area contributed by atoms with E-state index in [1.807, 2.05) is 0 Å². The van der Waals surface area contributed by atoms with Crippen LogP contribution in [0.15, 0.2) is 24.3 Å². The van der Waals surface area contributed by atoms with Crippen molar-refractivity contribution in [3.63, 3.8) is 0 Å². The number of non-ortho nitro benzene ring substituents is 1. The summed E-state index contributed by atoms with van der Waals surface area (Å²) in [4.78, 5) is 21.6. The standard InChI is InChI=1S/C12H13Br2NO4/c1-3-19-11(16)12(2,14)10(13)8-4-6-9(7-5-8)15(17)18/h4-7,10H,3H2,1-2H3/t10-,12+/m1/s1. The summed E-state index contributed by atoms with van der Waals surface area (Å²) in [5, 5.41) is 10.6. The molecule has 2 atom stereocenters. The number of halogens is 2. The lowest BCUT2D eigenvalue weighted by molar-refractivity contribution is -0.384. The maximum absolute atomic E-state index is 11.8. The first-order chi connectivity index (χ1) is 8.80. The van der Waals surface area contributed by atoms with Crippen LogP contribution in [0, 0.1) is 10.1 Å². The Morgan fingerprint density at radius 1 is 1.47 bits per heavy atom. The van der Waals surface area contributed by atoms with E-state index < -0.39 is 15.2 Å². The highest BCUT2D eigenvalue weighted by molar-refractivity contribution is 9.12. The van der Waals surface area contributed by atoms with E-state index in [0.29, 0.717) is 6.61 Å². The Kier molecular flexibility index (Phi) is 5.49. The van der Waals surface area contributed by atoms with Gasteiger partial charge >= 0.3 is 5.97 Å². The van der Waals surface area contributed by atoms with Crippen molar-refractivity contribution in [3.05, 3.63) is 39.9 Å². The smallest absolute Gasteiger partial charge is 0.324 e. The van der Waals surface area contributed by atoms with Gasteiger partial charge in [0.05, 0.1) is 16.4 Å². The molecule has 0 saturated heterocycles. The van der Waals surface area contributed by atoms with E-state index in [4.69, 9.17) is 4.74 Å². The molecule has 0 aliphatic heterocycles. The fourth-order valence-corrected chi connectivity index (χ4v) is 2.32. The summed E-state index contributed by atoms with van der Waals surface area (Å²) in [7, 11) is 0. The molecule has 0 aliphatic rings. The molecule has 1 aromatic rings. The Morgan fingerprint density at radius 2 is 2.00 bits per heavy atom. The van der Waals surface area contributed by atoms with Crippen LogP contribution in [0.5, 0.6) is 0 Å². The van der Waals surface area contributed by atoms with Crippen molar-refractivity contribution in [2.75, 3.05) is 6.61 Å². The molecule has 5 nitrogen and oxygen atoms in total. The van der Waals surface area contributed by atoms with Gasteiger partial charge in [-0.2, -0.15) is 0 Å². The third-order valence-corrected chi connectivity index (χ3v) is 5.39. The first-order valence-electron chi connectivity index (χ1n) is 5.55. The first-order valence-corrected chi connectivity index (χ1v) is 7.26. The number of hydrogen-bond acceptors (Lipinski definition) is 4. The molecule has 0 unspecified atom stereocenters. The van der Waals surface area contributed by atoms with E-state index in [9.17, 15) is 14.9 Å². The average molecular weight is 395 g/mol. The average Bonchev–Trinajstić information content (AvgIpc) is 2.38. The van der Waals surface area contributed by atoms with Crippen molar-refractivity contribution < 1.29 is 14.5 Å². The molecule has 1 aromatic carbocycles. The molecule has 0 saturated carbocycles. The molecule has 19 heavy (non-hydrogen) atoms. The number of rotatable bonds is 5. The normalized spacial score (nSPS) is 15.4. The number of nitrogens with zero attached hydrogens (tertiary/aromatic N) is 1.